The lowest BCUT2D eigenvalue weighted by atomic mass is 10.0. The number of ether oxygens (including phenoxy) is 1. The van der Waals surface area contributed by atoms with E-state index in [1.54, 1.807) is 24.3 Å². The smallest absolute Gasteiger partial charge is 0.261 e. The Morgan fingerprint density at radius 2 is 1.90 bits per heavy atom. The number of thiazole rings is 1. The number of carbonyl (C=O) groups is 1. The predicted molar refractivity (Wildman–Crippen MR) is 116 cm³/mol. The van der Waals surface area contributed by atoms with Gasteiger partial charge in [-0.25, -0.2) is 13.4 Å². The van der Waals surface area contributed by atoms with Gasteiger partial charge in [-0.15, -0.1) is 0 Å². The van der Waals surface area contributed by atoms with Crippen molar-refractivity contribution < 1.29 is 17.9 Å². The van der Waals surface area contributed by atoms with Gasteiger partial charge in [0.1, 0.15) is 11.3 Å². The van der Waals surface area contributed by atoms with Crippen molar-refractivity contribution in [3.8, 4) is 5.75 Å². The average Bonchev–Trinajstić information content (AvgIpc) is 3.02. The van der Waals surface area contributed by atoms with Crippen molar-refractivity contribution in [1.29, 1.82) is 0 Å². The third-order valence-corrected chi connectivity index (χ3v) is 6.41. The Labute approximate surface area is 174 Å². The minimum absolute atomic E-state index is 0.187. The van der Waals surface area contributed by atoms with Gasteiger partial charge in [-0.2, -0.15) is 0 Å². The molecule has 0 atom stereocenters. The molecular formula is C20H23N3O4S2. The Morgan fingerprint density at radius 3 is 2.48 bits per heavy atom. The van der Waals surface area contributed by atoms with Gasteiger partial charge < -0.3 is 10.1 Å². The number of rotatable bonds is 7. The third-order valence-electron chi connectivity index (χ3n) is 4.09. The quantitative estimate of drug-likeness (QED) is 0.580. The third kappa shape index (κ3) is 5.04. The molecule has 3 rings (SSSR count). The van der Waals surface area contributed by atoms with E-state index in [1.807, 2.05) is 12.1 Å². The Kier molecular flexibility index (Phi) is 6.09. The maximum atomic E-state index is 12.8. The molecule has 1 heterocycles. The summed E-state index contributed by atoms with van der Waals surface area (Å²) in [5.74, 6) is 0.682. The van der Waals surface area contributed by atoms with E-state index in [0.717, 1.165) is 12.0 Å². The maximum Gasteiger partial charge on any atom is 0.261 e. The van der Waals surface area contributed by atoms with Crippen molar-refractivity contribution >= 4 is 48.3 Å². The minimum atomic E-state index is -3.76. The van der Waals surface area contributed by atoms with Gasteiger partial charge in [-0.3, -0.25) is 9.52 Å². The first-order valence-electron chi connectivity index (χ1n) is 9.06. The molecule has 1 amide bonds. The van der Waals surface area contributed by atoms with Crippen LogP contribution >= 0.6 is 11.3 Å². The van der Waals surface area contributed by atoms with Gasteiger partial charge in [0.25, 0.3) is 10.0 Å². The number of benzene rings is 2. The second-order valence-electron chi connectivity index (χ2n) is 7.07. The van der Waals surface area contributed by atoms with Crippen molar-refractivity contribution in [3.63, 3.8) is 0 Å². The zero-order chi connectivity index (χ0) is 21.2. The SMILES string of the molecule is COc1cc(NS(=O)(=O)c2ccc(CC(C)C)cc2)cc2sc(NC(C)=O)nc12. The maximum absolute atomic E-state index is 12.8. The van der Waals surface area contributed by atoms with Gasteiger partial charge in [0.15, 0.2) is 5.13 Å². The fourth-order valence-corrected chi connectivity index (χ4v) is 4.92. The molecule has 0 aliphatic heterocycles. The van der Waals surface area contributed by atoms with Gasteiger partial charge in [-0.1, -0.05) is 37.3 Å². The molecule has 0 aliphatic rings. The molecule has 0 aliphatic carbocycles. The van der Waals surface area contributed by atoms with Crippen molar-refractivity contribution in [3.05, 3.63) is 42.0 Å². The van der Waals surface area contributed by atoms with Crippen LogP contribution in [-0.4, -0.2) is 26.4 Å². The van der Waals surface area contributed by atoms with E-state index in [4.69, 9.17) is 4.74 Å². The van der Waals surface area contributed by atoms with Gasteiger partial charge in [0.2, 0.25) is 5.91 Å². The largest absolute Gasteiger partial charge is 0.494 e. The molecule has 7 nitrogen and oxygen atoms in total. The summed E-state index contributed by atoms with van der Waals surface area (Å²) in [7, 11) is -2.27. The van der Waals surface area contributed by atoms with Crippen molar-refractivity contribution in [2.24, 2.45) is 5.92 Å². The summed E-state index contributed by atoms with van der Waals surface area (Å²) in [5, 5.41) is 3.05. The number of amides is 1. The predicted octanol–water partition coefficient (Wildman–Crippen LogP) is 4.26. The summed E-state index contributed by atoms with van der Waals surface area (Å²) < 4.78 is 34.2. The van der Waals surface area contributed by atoms with Crippen molar-refractivity contribution in [2.45, 2.75) is 32.1 Å². The van der Waals surface area contributed by atoms with E-state index in [9.17, 15) is 13.2 Å². The van der Waals surface area contributed by atoms with Crippen LogP contribution in [0.5, 0.6) is 5.75 Å². The average molecular weight is 434 g/mol. The van der Waals surface area contributed by atoms with Crippen molar-refractivity contribution in [1.82, 2.24) is 4.98 Å². The first-order valence-corrected chi connectivity index (χ1v) is 11.4. The molecule has 9 heteroatoms. The number of nitrogens with one attached hydrogen (secondary N) is 2. The van der Waals surface area contributed by atoms with Crippen LogP contribution in [0.2, 0.25) is 0 Å². The molecule has 29 heavy (non-hydrogen) atoms. The lowest BCUT2D eigenvalue weighted by Gasteiger charge is -2.11. The zero-order valence-corrected chi connectivity index (χ0v) is 18.3. The monoisotopic (exact) mass is 433 g/mol. The van der Waals surface area contributed by atoms with Gasteiger partial charge in [0.05, 0.1) is 22.4 Å². The highest BCUT2D eigenvalue weighted by atomic mass is 32.2. The molecule has 0 bridgehead atoms. The second-order valence-corrected chi connectivity index (χ2v) is 9.79. The van der Waals surface area contributed by atoms with Crippen LogP contribution in [0.3, 0.4) is 0 Å². The van der Waals surface area contributed by atoms with E-state index in [-0.39, 0.29) is 10.8 Å². The van der Waals surface area contributed by atoms with Crippen LogP contribution in [-0.2, 0) is 21.2 Å². The van der Waals surface area contributed by atoms with Gasteiger partial charge >= 0.3 is 0 Å². The molecule has 0 saturated carbocycles. The van der Waals surface area contributed by atoms with E-state index in [0.29, 0.717) is 32.7 Å². The Hall–Kier alpha value is -2.65. The second kappa shape index (κ2) is 8.38. The summed E-state index contributed by atoms with van der Waals surface area (Å²) in [5.41, 5.74) is 2.01. The minimum Gasteiger partial charge on any atom is -0.494 e. The number of sulfonamides is 1. The number of anilines is 2. The van der Waals surface area contributed by atoms with Gasteiger partial charge in [0, 0.05) is 13.0 Å². The molecule has 1 aromatic heterocycles. The molecular weight excluding hydrogens is 410 g/mol. The fourth-order valence-electron chi connectivity index (χ4n) is 2.91. The highest BCUT2D eigenvalue weighted by molar-refractivity contribution is 7.92. The molecule has 2 N–H and O–H groups in total. The summed E-state index contributed by atoms with van der Waals surface area (Å²) in [6.45, 7) is 5.63. The van der Waals surface area contributed by atoms with E-state index < -0.39 is 10.0 Å². The molecule has 0 spiro atoms. The fraction of sp³-hybridized carbons (Fsp3) is 0.300. The molecule has 2 aromatic carbocycles. The topological polar surface area (TPSA) is 97.4 Å². The first-order chi connectivity index (χ1) is 13.7. The van der Waals surface area contributed by atoms with Crippen LogP contribution in [0.15, 0.2) is 41.3 Å². The molecule has 0 radical (unpaired) electrons. The Balaban J connectivity index is 1.90. The standard InChI is InChI=1S/C20H23N3O4S2/c1-12(2)9-14-5-7-16(8-6-14)29(25,26)23-15-10-17(27-4)19-18(11-15)28-20(22-19)21-13(3)24/h5-8,10-12,23H,9H2,1-4H3,(H,21,22,24). The van der Waals surface area contributed by atoms with Crippen LogP contribution in [0.4, 0.5) is 10.8 Å². The highest BCUT2D eigenvalue weighted by Crippen LogP contribution is 2.36. The normalized spacial score (nSPS) is 11.6. The lowest BCUT2D eigenvalue weighted by Crippen LogP contribution is -2.13. The Bertz CT molecular complexity index is 1140. The summed E-state index contributed by atoms with van der Waals surface area (Å²) in [4.78, 5) is 15.8. The number of methoxy groups -OCH3 is 1. The van der Waals surface area contributed by atoms with E-state index in [1.165, 1.54) is 25.4 Å². The molecule has 0 unspecified atom stereocenters. The molecule has 0 fully saturated rings. The van der Waals surface area contributed by atoms with Gasteiger partial charge in [-0.05, 0) is 36.1 Å². The van der Waals surface area contributed by atoms with Crippen LogP contribution in [0.25, 0.3) is 10.2 Å². The van der Waals surface area contributed by atoms with Crippen molar-refractivity contribution in [2.75, 3.05) is 17.1 Å². The van der Waals surface area contributed by atoms with E-state index >= 15 is 0 Å². The number of nitrogens with zero attached hydrogens (tertiary/aromatic N) is 1. The number of aromatic nitrogens is 1. The summed E-state index contributed by atoms with van der Waals surface area (Å²) in [6.07, 6.45) is 0.892. The number of fused-ring (bicyclic) bond motifs is 1. The molecule has 154 valence electrons. The first kappa shape index (κ1) is 21.1. The number of hydrogen-bond donors (Lipinski definition) is 2. The van der Waals surface area contributed by atoms with Crippen LogP contribution in [0, 0.1) is 5.92 Å². The highest BCUT2D eigenvalue weighted by Gasteiger charge is 2.17. The lowest BCUT2D eigenvalue weighted by molar-refractivity contribution is -0.114. The zero-order valence-electron chi connectivity index (χ0n) is 16.6. The van der Waals surface area contributed by atoms with Crippen LogP contribution < -0.4 is 14.8 Å². The van der Waals surface area contributed by atoms with E-state index in [2.05, 4.69) is 28.9 Å². The number of carbonyl (C=O) groups excluding carboxylic acids is 1. The number of hydrogen-bond acceptors (Lipinski definition) is 6. The van der Waals surface area contributed by atoms with Crippen LogP contribution in [0.1, 0.15) is 26.3 Å². The Morgan fingerprint density at radius 1 is 1.21 bits per heavy atom. The summed E-state index contributed by atoms with van der Waals surface area (Å²) >= 11 is 1.24. The molecule has 0 saturated heterocycles. The summed E-state index contributed by atoms with van der Waals surface area (Å²) in [6, 6.07) is 10.1. The molecule has 3 aromatic rings.